The highest BCUT2D eigenvalue weighted by molar-refractivity contribution is 9.10. The van der Waals surface area contributed by atoms with Crippen LogP contribution in [0.2, 0.25) is 0 Å². The minimum absolute atomic E-state index is 0.0676. The molecule has 1 aliphatic rings. The van der Waals surface area contributed by atoms with E-state index in [1.54, 1.807) is 24.7 Å². The number of ether oxygens (including phenoxy) is 1. The maximum Gasteiger partial charge on any atom is 0.271 e. The summed E-state index contributed by atoms with van der Waals surface area (Å²) in [6, 6.07) is 2.46. The fourth-order valence-corrected chi connectivity index (χ4v) is 4.20. The van der Waals surface area contributed by atoms with Gasteiger partial charge in [-0.25, -0.2) is 9.37 Å². The summed E-state index contributed by atoms with van der Waals surface area (Å²) in [5, 5.41) is 0. The van der Waals surface area contributed by atoms with Crippen LogP contribution < -0.4 is 5.73 Å². The summed E-state index contributed by atoms with van der Waals surface area (Å²) < 4.78 is 20.6. The summed E-state index contributed by atoms with van der Waals surface area (Å²) in [6.45, 7) is 2.52. The number of nitrogens with one attached hydrogen (secondary N) is 1. The van der Waals surface area contributed by atoms with Crippen molar-refractivity contribution in [2.45, 2.75) is 32.7 Å². The lowest BCUT2D eigenvalue weighted by atomic mass is 10.1. The number of carbonyl (C=O) groups excluding carboxylic acids is 1. The van der Waals surface area contributed by atoms with Crippen LogP contribution in [0.3, 0.4) is 0 Å². The van der Waals surface area contributed by atoms with Crippen LogP contribution in [-0.2, 0) is 24.5 Å². The van der Waals surface area contributed by atoms with Gasteiger partial charge in [0.1, 0.15) is 17.3 Å². The van der Waals surface area contributed by atoms with Crippen LogP contribution in [0.25, 0.3) is 11.0 Å². The Morgan fingerprint density at radius 2 is 2.09 bits per heavy atom. The van der Waals surface area contributed by atoms with E-state index in [2.05, 4.69) is 40.8 Å². The van der Waals surface area contributed by atoms with Crippen molar-refractivity contribution >= 4 is 38.7 Å². The van der Waals surface area contributed by atoms with E-state index >= 15 is 0 Å². The first-order chi connectivity index (χ1) is 15.9. The van der Waals surface area contributed by atoms with Crippen molar-refractivity contribution in [3.63, 3.8) is 0 Å². The minimum atomic E-state index is -0.519. The molecular weight excluding hydrogens is 493 g/mol. The molecule has 168 valence electrons. The Bertz CT molecular complexity index is 1360. The molecule has 33 heavy (non-hydrogen) atoms. The van der Waals surface area contributed by atoms with Crippen LogP contribution in [0.1, 0.15) is 46.0 Å². The number of H-pyrrole nitrogens is 1. The van der Waals surface area contributed by atoms with Crippen molar-refractivity contribution in [1.82, 2.24) is 29.8 Å². The molecule has 0 saturated heterocycles. The fourth-order valence-electron chi connectivity index (χ4n) is 3.90. The van der Waals surface area contributed by atoms with Gasteiger partial charge in [-0.15, -0.1) is 0 Å². The number of nitrogen functional groups attached to an aromatic ring is 1. The smallest absolute Gasteiger partial charge is 0.271 e. The first kappa shape index (κ1) is 21.4. The summed E-state index contributed by atoms with van der Waals surface area (Å²) in [6.07, 6.45) is 6.17. The van der Waals surface area contributed by atoms with Gasteiger partial charge in [-0.2, -0.15) is 0 Å². The third-order valence-electron chi connectivity index (χ3n) is 5.68. The molecule has 0 aliphatic carbocycles. The quantitative estimate of drug-likeness (QED) is 0.418. The zero-order valence-corrected chi connectivity index (χ0v) is 19.1. The monoisotopic (exact) mass is 511 g/mol. The average molecular weight is 512 g/mol. The molecule has 0 unspecified atom stereocenters. The van der Waals surface area contributed by atoms with Gasteiger partial charge in [0, 0.05) is 34.2 Å². The van der Waals surface area contributed by atoms with E-state index < -0.39 is 11.9 Å². The van der Waals surface area contributed by atoms with Crippen LogP contribution in [0, 0.1) is 5.82 Å². The van der Waals surface area contributed by atoms with E-state index in [0.29, 0.717) is 45.9 Å². The van der Waals surface area contributed by atoms with E-state index in [0.717, 1.165) is 11.1 Å². The Hall–Kier alpha value is -3.44. The number of nitrogens with zero attached hydrogens (tertiary/aromatic N) is 5. The molecule has 0 saturated carbocycles. The summed E-state index contributed by atoms with van der Waals surface area (Å²) >= 11 is 3.21. The average Bonchev–Trinajstić information content (AvgIpc) is 3.46. The fraction of sp³-hybridized carbons (Fsp3) is 0.227. The Morgan fingerprint density at radius 1 is 1.27 bits per heavy atom. The number of aromatic amines is 1. The van der Waals surface area contributed by atoms with Crippen molar-refractivity contribution < 1.29 is 13.9 Å². The van der Waals surface area contributed by atoms with Gasteiger partial charge in [0.05, 0.1) is 54.4 Å². The molecule has 4 aromatic rings. The lowest BCUT2D eigenvalue weighted by Crippen LogP contribution is -2.34. The van der Waals surface area contributed by atoms with E-state index in [-0.39, 0.29) is 18.1 Å². The molecule has 1 aliphatic heterocycles. The lowest BCUT2D eigenvalue weighted by molar-refractivity contribution is 0.0660. The molecule has 4 aromatic heterocycles. The van der Waals surface area contributed by atoms with Gasteiger partial charge in [-0.3, -0.25) is 19.7 Å². The summed E-state index contributed by atoms with van der Waals surface area (Å²) in [7, 11) is 0. The number of amides is 1. The van der Waals surface area contributed by atoms with Gasteiger partial charge in [-0.1, -0.05) is 0 Å². The Labute approximate surface area is 196 Å². The number of rotatable bonds is 5. The summed E-state index contributed by atoms with van der Waals surface area (Å²) in [5.74, 6) is -0.491. The van der Waals surface area contributed by atoms with Gasteiger partial charge >= 0.3 is 0 Å². The molecule has 0 spiro atoms. The predicted octanol–water partition coefficient (Wildman–Crippen LogP) is 3.67. The number of halogens is 2. The third-order valence-corrected chi connectivity index (χ3v) is 6.11. The molecular formula is C22H19BrFN7O2. The number of aromatic nitrogens is 5. The van der Waals surface area contributed by atoms with Gasteiger partial charge < -0.3 is 20.4 Å². The van der Waals surface area contributed by atoms with Gasteiger partial charge in [-0.05, 0) is 35.0 Å². The number of carbonyl (C=O) groups is 1. The zero-order chi connectivity index (χ0) is 23.1. The van der Waals surface area contributed by atoms with Crippen molar-refractivity contribution in [2.75, 3.05) is 5.73 Å². The second-order valence-corrected chi connectivity index (χ2v) is 8.63. The first-order valence-electron chi connectivity index (χ1n) is 10.2. The molecule has 9 nitrogen and oxygen atoms in total. The molecule has 3 N–H and O–H groups in total. The number of anilines is 1. The van der Waals surface area contributed by atoms with Crippen molar-refractivity contribution in [1.29, 1.82) is 0 Å². The number of hydrogen-bond acceptors (Lipinski definition) is 7. The van der Waals surface area contributed by atoms with Crippen molar-refractivity contribution in [2.24, 2.45) is 0 Å². The molecule has 0 radical (unpaired) electrons. The molecule has 11 heteroatoms. The normalized spacial score (nSPS) is 13.8. The molecule has 5 rings (SSSR count). The highest BCUT2D eigenvalue weighted by atomic mass is 79.9. The number of hydrogen-bond donors (Lipinski definition) is 2. The molecule has 5 heterocycles. The SMILES string of the molecule is C[C@@H](c1cnccn1)N(Cc1ncc(Br)cc1F)C(=O)c1cc2nc(N)c3c(c2[nH]1)COC3. The van der Waals surface area contributed by atoms with Crippen molar-refractivity contribution in [3.8, 4) is 0 Å². The predicted molar refractivity (Wildman–Crippen MR) is 121 cm³/mol. The van der Waals surface area contributed by atoms with E-state index in [1.807, 2.05) is 6.92 Å². The molecule has 1 amide bonds. The summed E-state index contributed by atoms with van der Waals surface area (Å²) in [5.41, 5.74) is 10.1. The Morgan fingerprint density at radius 3 is 2.85 bits per heavy atom. The van der Waals surface area contributed by atoms with Crippen LogP contribution in [0.5, 0.6) is 0 Å². The number of nitrogens with two attached hydrogens (primary N) is 1. The van der Waals surface area contributed by atoms with Crippen LogP contribution in [0.4, 0.5) is 10.2 Å². The van der Waals surface area contributed by atoms with Gasteiger partial charge in [0.2, 0.25) is 0 Å². The van der Waals surface area contributed by atoms with Gasteiger partial charge in [0.15, 0.2) is 0 Å². The molecule has 0 bridgehead atoms. The lowest BCUT2D eigenvalue weighted by Gasteiger charge is -2.28. The Balaban J connectivity index is 1.56. The van der Waals surface area contributed by atoms with E-state index in [1.165, 1.54) is 17.2 Å². The highest BCUT2D eigenvalue weighted by Gasteiger charge is 2.28. The second kappa shape index (κ2) is 8.49. The zero-order valence-electron chi connectivity index (χ0n) is 17.5. The molecule has 0 fully saturated rings. The van der Waals surface area contributed by atoms with Crippen LogP contribution in [0.15, 0.2) is 41.4 Å². The molecule has 1 atom stereocenters. The summed E-state index contributed by atoms with van der Waals surface area (Å²) in [4.78, 5) is 35.4. The maximum absolute atomic E-state index is 14.6. The van der Waals surface area contributed by atoms with E-state index in [9.17, 15) is 9.18 Å². The largest absolute Gasteiger partial charge is 0.383 e. The second-order valence-electron chi connectivity index (χ2n) is 7.71. The van der Waals surface area contributed by atoms with E-state index in [4.69, 9.17) is 10.5 Å². The van der Waals surface area contributed by atoms with Crippen molar-refractivity contribution in [3.05, 3.63) is 75.4 Å². The number of pyridine rings is 2. The standard InChI is InChI=1S/C22H19BrFN7O2/c1-11(18-7-26-2-3-27-18)31(8-19-15(24)4-12(23)6-28-19)22(32)17-5-16-20(29-17)13-9-33-10-14(13)21(25)30-16/h2-7,11,29H,8-10H2,1H3,(H2,25,30)/t11-/m0/s1. The highest BCUT2D eigenvalue weighted by Crippen LogP contribution is 2.32. The topological polar surface area (TPSA) is 123 Å². The van der Waals surface area contributed by atoms with Crippen LogP contribution >= 0.6 is 15.9 Å². The molecule has 0 aromatic carbocycles. The minimum Gasteiger partial charge on any atom is -0.383 e. The van der Waals surface area contributed by atoms with Gasteiger partial charge in [0.25, 0.3) is 5.91 Å². The third kappa shape index (κ3) is 3.93. The first-order valence-corrected chi connectivity index (χ1v) is 11.0. The Kier molecular flexibility index (Phi) is 5.51. The van der Waals surface area contributed by atoms with Crippen LogP contribution in [-0.4, -0.2) is 35.7 Å². The maximum atomic E-state index is 14.6. The number of fused-ring (bicyclic) bond motifs is 3.